The Morgan fingerprint density at radius 3 is 2.79 bits per heavy atom. The molecule has 1 aliphatic heterocycles. The van der Waals surface area contributed by atoms with E-state index in [9.17, 15) is 4.79 Å². The molecule has 29 heavy (non-hydrogen) atoms. The van der Waals surface area contributed by atoms with Crippen molar-refractivity contribution >= 4 is 5.91 Å². The maximum Gasteiger partial charge on any atom is 0.276 e. The second-order valence-corrected chi connectivity index (χ2v) is 7.34. The van der Waals surface area contributed by atoms with E-state index < -0.39 is 0 Å². The van der Waals surface area contributed by atoms with Crippen LogP contribution in [0.1, 0.15) is 46.4 Å². The van der Waals surface area contributed by atoms with E-state index in [1.54, 1.807) is 13.8 Å². The number of ether oxygens (including phenoxy) is 1. The lowest BCUT2D eigenvalue weighted by molar-refractivity contribution is 0.0774. The smallest absolute Gasteiger partial charge is 0.276 e. The van der Waals surface area contributed by atoms with Crippen LogP contribution in [0.4, 0.5) is 0 Å². The highest BCUT2D eigenvalue weighted by molar-refractivity contribution is 5.94. The number of benzene rings is 1. The molecule has 0 N–H and O–H groups in total. The SMILES string of the molecule is Cc1nc(CCC2CCN(C(=O)c3noc(C)c3COc3ccccc3)C2)no1. The summed E-state index contributed by atoms with van der Waals surface area (Å²) in [6.45, 7) is 5.23. The van der Waals surface area contributed by atoms with Crippen molar-refractivity contribution in [2.45, 2.75) is 39.7 Å². The minimum absolute atomic E-state index is 0.105. The van der Waals surface area contributed by atoms with E-state index in [4.69, 9.17) is 13.8 Å². The fraction of sp³-hybridized carbons (Fsp3) is 0.429. The Labute approximate surface area is 168 Å². The van der Waals surface area contributed by atoms with E-state index in [0.29, 0.717) is 41.9 Å². The monoisotopic (exact) mass is 396 g/mol. The number of para-hydroxylation sites is 1. The number of rotatable bonds is 7. The van der Waals surface area contributed by atoms with Crippen LogP contribution in [0.5, 0.6) is 5.75 Å². The van der Waals surface area contributed by atoms with Gasteiger partial charge in [0.1, 0.15) is 18.1 Å². The summed E-state index contributed by atoms with van der Waals surface area (Å²) >= 11 is 0. The molecule has 3 aromatic rings. The van der Waals surface area contributed by atoms with Gasteiger partial charge in [-0.15, -0.1) is 0 Å². The first-order valence-corrected chi connectivity index (χ1v) is 9.81. The number of amides is 1. The molecule has 8 nitrogen and oxygen atoms in total. The maximum atomic E-state index is 13.0. The van der Waals surface area contributed by atoms with Crippen molar-refractivity contribution in [2.75, 3.05) is 13.1 Å². The largest absolute Gasteiger partial charge is 0.489 e. The molecular weight excluding hydrogens is 372 g/mol. The zero-order valence-corrected chi connectivity index (χ0v) is 16.6. The lowest BCUT2D eigenvalue weighted by atomic mass is 10.0. The Hall–Kier alpha value is -3.16. The van der Waals surface area contributed by atoms with Crippen molar-refractivity contribution in [2.24, 2.45) is 5.92 Å². The van der Waals surface area contributed by atoms with Crippen molar-refractivity contribution < 1.29 is 18.6 Å². The van der Waals surface area contributed by atoms with Gasteiger partial charge >= 0.3 is 0 Å². The van der Waals surface area contributed by atoms with Gasteiger partial charge < -0.3 is 18.7 Å². The van der Waals surface area contributed by atoms with E-state index in [-0.39, 0.29) is 12.5 Å². The van der Waals surface area contributed by atoms with Gasteiger partial charge in [-0.3, -0.25) is 4.79 Å². The van der Waals surface area contributed by atoms with Crippen LogP contribution in [0.2, 0.25) is 0 Å². The fourth-order valence-corrected chi connectivity index (χ4v) is 3.58. The third-order valence-corrected chi connectivity index (χ3v) is 5.23. The molecule has 0 radical (unpaired) electrons. The molecule has 1 saturated heterocycles. The third-order valence-electron chi connectivity index (χ3n) is 5.23. The van der Waals surface area contributed by atoms with Crippen LogP contribution < -0.4 is 4.74 Å². The highest BCUT2D eigenvalue weighted by atomic mass is 16.5. The quantitative estimate of drug-likeness (QED) is 0.604. The summed E-state index contributed by atoms with van der Waals surface area (Å²) < 4.78 is 16.1. The van der Waals surface area contributed by atoms with Gasteiger partial charge in [-0.25, -0.2) is 0 Å². The van der Waals surface area contributed by atoms with Gasteiger partial charge in [-0.05, 0) is 37.8 Å². The minimum atomic E-state index is -0.105. The van der Waals surface area contributed by atoms with Crippen LogP contribution in [0.25, 0.3) is 0 Å². The van der Waals surface area contributed by atoms with Gasteiger partial charge in [-0.2, -0.15) is 4.98 Å². The molecule has 0 saturated carbocycles. The van der Waals surface area contributed by atoms with E-state index in [2.05, 4.69) is 15.3 Å². The zero-order valence-electron chi connectivity index (χ0n) is 16.6. The number of nitrogens with zero attached hydrogens (tertiary/aromatic N) is 4. The Morgan fingerprint density at radius 1 is 1.21 bits per heavy atom. The normalized spacial score (nSPS) is 16.3. The number of aryl methyl sites for hydroxylation is 3. The molecule has 1 fully saturated rings. The second kappa shape index (κ2) is 8.46. The van der Waals surface area contributed by atoms with Gasteiger partial charge in [0.05, 0.1) is 5.56 Å². The van der Waals surface area contributed by atoms with Crippen LogP contribution >= 0.6 is 0 Å². The van der Waals surface area contributed by atoms with Crippen LogP contribution in [-0.4, -0.2) is 39.2 Å². The first-order valence-electron chi connectivity index (χ1n) is 9.81. The standard InChI is InChI=1S/C21H24N4O4/c1-14-18(13-27-17-6-4-3-5-7-17)20(24-28-14)21(26)25-11-10-16(12-25)8-9-19-22-15(2)29-23-19/h3-7,16H,8-13H2,1-2H3. The summed E-state index contributed by atoms with van der Waals surface area (Å²) in [6.07, 6.45) is 2.63. The molecule has 8 heteroatoms. The molecule has 1 aromatic carbocycles. The molecule has 0 bridgehead atoms. The maximum absolute atomic E-state index is 13.0. The lowest BCUT2D eigenvalue weighted by Crippen LogP contribution is -2.30. The minimum Gasteiger partial charge on any atom is -0.489 e. The number of aromatic nitrogens is 3. The number of carbonyl (C=O) groups is 1. The summed E-state index contributed by atoms with van der Waals surface area (Å²) in [5, 5.41) is 7.95. The molecule has 1 amide bonds. The predicted molar refractivity (Wildman–Crippen MR) is 103 cm³/mol. The lowest BCUT2D eigenvalue weighted by Gasteiger charge is -2.16. The predicted octanol–water partition coefficient (Wildman–Crippen LogP) is 3.35. The van der Waals surface area contributed by atoms with E-state index in [1.807, 2.05) is 35.2 Å². The highest BCUT2D eigenvalue weighted by Crippen LogP contribution is 2.25. The summed E-state index contributed by atoms with van der Waals surface area (Å²) in [5.41, 5.74) is 1.04. The Kier molecular flexibility index (Phi) is 5.59. The third kappa shape index (κ3) is 4.47. The fourth-order valence-electron chi connectivity index (χ4n) is 3.58. The molecule has 4 rings (SSSR count). The van der Waals surface area contributed by atoms with Crippen LogP contribution in [-0.2, 0) is 13.0 Å². The number of hydrogen-bond acceptors (Lipinski definition) is 7. The first-order chi connectivity index (χ1) is 14.1. The summed E-state index contributed by atoms with van der Waals surface area (Å²) in [4.78, 5) is 19.1. The molecule has 1 atom stereocenters. The van der Waals surface area contributed by atoms with E-state index in [0.717, 1.165) is 30.8 Å². The van der Waals surface area contributed by atoms with Crippen molar-refractivity contribution in [1.29, 1.82) is 0 Å². The Balaban J connectivity index is 1.36. The van der Waals surface area contributed by atoms with Crippen molar-refractivity contribution in [3.8, 4) is 5.75 Å². The topological polar surface area (TPSA) is 94.5 Å². The molecule has 3 heterocycles. The summed E-state index contributed by atoms with van der Waals surface area (Å²) in [7, 11) is 0. The number of carbonyl (C=O) groups excluding carboxylic acids is 1. The molecule has 1 unspecified atom stereocenters. The van der Waals surface area contributed by atoms with Gasteiger partial charge in [0, 0.05) is 26.4 Å². The second-order valence-electron chi connectivity index (χ2n) is 7.34. The highest BCUT2D eigenvalue weighted by Gasteiger charge is 2.31. The van der Waals surface area contributed by atoms with Gasteiger partial charge in [0.15, 0.2) is 11.5 Å². The van der Waals surface area contributed by atoms with Crippen molar-refractivity contribution in [1.82, 2.24) is 20.2 Å². The van der Waals surface area contributed by atoms with Crippen LogP contribution in [0, 0.1) is 19.8 Å². The summed E-state index contributed by atoms with van der Waals surface area (Å²) in [5.74, 6) is 2.95. The van der Waals surface area contributed by atoms with Crippen molar-refractivity contribution in [3.05, 3.63) is 59.1 Å². The zero-order chi connectivity index (χ0) is 20.2. The van der Waals surface area contributed by atoms with Crippen molar-refractivity contribution in [3.63, 3.8) is 0 Å². The summed E-state index contributed by atoms with van der Waals surface area (Å²) in [6, 6.07) is 9.49. The molecule has 0 spiro atoms. The molecule has 0 aliphatic carbocycles. The Bertz CT molecular complexity index is 966. The molecule has 152 valence electrons. The van der Waals surface area contributed by atoms with Crippen LogP contribution in [0.3, 0.4) is 0 Å². The average Bonchev–Trinajstić information content (AvgIpc) is 3.45. The van der Waals surface area contributed by atoms with Gasteiger partial charge in [-0.1, -0.05) is 28.5 Å². The van der Waals surface area contributed by atoms with E-state index in [1.165, 1.54) is 0 Å². The average molecular weight is 396 g/mol. The first kappa shape index (κ1) is 19.2. The molecular formula is C21H24N4O4. The number of hydrogen-bond donors (Lipinski definition) is 0. The van der Waals surface area contributed by atoms with E-state index >= 15 is 0 Å². The Morgan fingerprint density at radius 2 is 2.03 bits per heavy atom. The van der Waals surface area contributed by atoms with Crippen LogP contribution in [0.15, 0.2) is 39.4 Å². The van der Waals surface area contributed by atoms with Gasteiger partial charge in [0.25, 0.3) is 5.91 Å². The molecule has 2 aromatic heterocycles. The number of likely N-dealkylation sites (tertiary alicyclic amines) is 1. The molecule has 1 aliphatic rings. The van der Waals surface area contributed by atoms with Gasteiger partial charge in [0.2, 0.25) is 5.89 Å².